The number of furan rings is 1. The largest absolute Gasteiger partial charge is 0.472 e. The van der Waals surface area contributed by atoms with Gasteiger partial charge in [-0.25, -0.2) is 0 Å². The summed E-state index contributed by atoms with van der Waals surface area (Å²) in [6, 6.07) is 1.99. The summed E-state index contributed by atoms with van der Waals surface area (Å²) >= 11 is 0. The first-order valence-corrected chi connectivity index (χ1v) is 13.9. The highest BCUT2D eigenvalue weighted by molar-refractivity contribution is 5.67. The molecule has 2 saturated carbocycles. The summed E-state index contributed by atoms with van der Waals surface area (Å²) in [5.74, 6) is -0.901. The summed E-state index contributed by atoms with van der Waals surface area (Å²) < 4.78 is 30.6. The van der Waals surface area contributed by atoms with Crippen LogP contribution < -0.4 is 0 Å². The molecule has 0 unspecified atom stereocenters. The maximum Gasteiger partial charge on any atom is 0.302 e. The Kier molecular flexibility index (Phi) is 5.78. The average Bonchev–Trinajstić information content (AvgIpc) is 3.54. The Bertz CT molecular complexity index is 1160. The van der Waals surface area contributed by atoms with Crippen LogP contribution in [0.5, 0.6) is 0 Å². The van der Waals surface area contributed by atoms with E-state index in [1.807, 2.05) is 6.07 Å². The van der Waals surface area contributed by atoms with Gasteiger partial charge in [-0.1, -0.05) is 26.8 Å². The zero-order valence-corrected chi connectivity index (χ0v) is 23.2. The van der Waals surface area contributed by atoms with Gasteiger partial charge in [0.1, 0.15) is 12.2 Å². The summed E-state index contributed by atoms with van der Waals surface area (Å²) in [5, 5.41) is 12.3. The number of allylic oxidation sites excluding steroid dienone is 1. The summed E-state index contributed by atoms with van der Waals surface area (Å²) in [7, 11) is 0. The first kappa shape index (κ1) is 26.1. The normalized spacial score (nSPS) is 49.2. The molecule has 1 aromatic rings. The third-order valence-electron chi connectivity index (χ3n) is 11.3. The third kappa shape index (κ3) is 3.20. The van der Waals surface area contributed by atoms with Gasteiger partial charge in [-0.2, -0.15) is 0 Å². The molecule has 1 aromatic heterocycles. The molecule has 0 bridgehead atoms. The van der Waals surface area contributed by atoms with Gasteiger partial charge < -0.3 is 28.5 Å². The second-order valence-corrected chi connectivity index (χ2v) is 13.0. The molecule has 38 heavy (non-hydrogen) atoms. The molecule has 0 radical (unpaired) electrons. The monoisotopic (exact) mass is 528 g/mol. The van der Waals surface area contributed by atoms with Crippen molar-refractivity contribution in [2.75, 3.05) is 13.2 Å². The zero-order valence-electron chi connectivity index (χ0n) is 23.2. The molecule has 2 aliphatic heterocycles. The number of hydrogen-bond acceptors (Lipinski definition) is 8. The lowest BCUT2D eigenvalue weighted by Gasteiger charge is -2.66. The van der Waals surface area contributed by atoms with E-state index in [9.17, 15) is 14.7 Å². The smallest absolute Gasteiger partial charge is 0.302 e. The molecule has 2 saturated heterocycles. The molecule has 11 atom stereocenters. The first-order chi connectivity index (χ1) is 17.9. The molecule has 0 amide bonds. The number of hydrogen-bond donors (Lipinski definition) is 1. The maximum absolute atomic E-state index is 12.4. The van der Waals surface area contributed by atoms with Crippen molar-refractivity contribution in [3.8, 4) is 0 Å². The van der Waals surface area contributed by atoms with Gasteiger partial charge in [0.05, 0.1) is 36.9 Å². The summed E-state index contributed by atoms with van der Waals surface area (Å²) in [6.07, 6.45) is 5.32. The summed E-state index contributed by atoms with van der Waals surface area (Å²) in [6.45, 7) is 12.3. The lowest BCUT2D eigenvalue weighted by Crippen LogP contribution is -2.72. The van der Waals surface area contributed by atoms with Gasteiger partial charge in [0.25, 0.3) is 0 Å². The van der Waals surface area contributed by atoms with E-state index < -0.39 is 46.3 Å². The average molecular weight is 529 g/mol. The maximum atomic E-state index is 12.4. The number of esters is 2. The second-order valence-electron chi connectivity index (χ2n) is 13.0. The van der Waals surface area contributed by atoms with Gasteiger partial charge in [-0.3, -0.25) is 9.59 Å². The van der Waals surface area contributed by atoms with Crippen LogP contribution in [-0.4, -0.2) is 60.3 Å². The van der Waals surface area contributed by atoms with Crippen molar-refractivity contribution in [2.24, 2.45) is 28.1 Å². The molecule has 8 heteroatoms. The van der Waals surface area contributed by atoms with E-state index in [4.69, 9.17) is 23.4 Å². The SMILES string of the molecule is CC(=O)O[C@H]1C[C@@H](OC(C)=O)[C@@]2(C)CO[C@H]3[C@@H](O)[C@@]4(C)C5=CC[C@@H](c6ccoc6)[C@]5(C)OCC[C@@H]4[C@]1(C)[C@@H]32. The van der Waals surface area contributed by atoms with Gasteiger partial charge in [-0.05, 0) is 42.9 Å². The van der Waals surface area contributed by atoms with Gasteiger partial charge in [0, 0.05) is 55.0 Å². The van der Waals surface area contributed by atoms with Crippen molar-refractivity contribution in [3.63, 3.8) is 0 Å². The number of rotatable bonds is 3. The van der Waals surface area contributed by atoms with E-state index in [0.29, 0.717) is 26.1 Å². The predicted octanol–water partition coefficient (Wildman–Crippen LogP) is 4.16. The molecule has 3 aliphatic carbocycles. The van der Waals surface area contributed by atoms with Gasteiger partial charge in [-0.15, -0.1) is 0 Å². The van der Waals surface area contributed by atoms with Crippen LogP contribution in [-0.2, 0) is 28.5 Å². The molecule has 3 heterocycles. The van der Waals surface area contributed by atoms with Gasteiger partial charge in [0.2, 0.25) is 0 Å². The Hall–Kier alpha value is -2.16. The van der Waals surface area contributed by atoms with Crippen molar-refractivity contribution >= 4 is 11.9 Å². The summed E-state index contributed by atoms with van der Waals surface area (Å²) in [5.41, 5.74) is -0.200. The Morgan fingerprint density at radius 2 is 1.79 bits per heavy atom. The molecular weight excluding hydrogens is 488 g/mol. The molecule has 6 rings (SSSR count). The molecule has 1 N–H and O–H groups in total. The van der Waals surface area contributed by atoms with E-state index in [2.05, 4.69) is 33.8 Å². The number of fused-ring (bicyclic) bond motifs is 4. The van der Waals surface area contributed by atoms with Crippen molar-refractivity contribution in [1.82, 2.24) is 0 Å². The molecule has 4 fully saturated rings. The van der Waals surface area contributed by atoms with Crippen LogP contribution >= 0.6 is 0 Å². The van der Waals surface area contributed by atoms with E-state index >= 15 is 0 Å². The Morgan fingerprint density at radius 3 is 2.45 bits per heavy atom. The molecular formula is C30H40O8. The summed E-state index contributed by atoms with van der Waals surface area (Å²) in [4.78, 5) is 24.6. The highest BCUT2D eigenvalue weighted by Gasteiger charge is 2.77. The predicted molar refractivity (Wildman–Crippen MR) is 136 cm³/mol. The van der Waals surface area contributed by atoms with Crippen molar-refractivity contribution < 1.29 is 38.1 Å². The fourth-order valence-electron chi connectivity index (χ4n) is 9.84. The minimum Gasteiger partial charge on any atom is -0.472 e. The molecule has 208 valence electrons. The van der Waals surface area contributed by atoms with Crippen LogP contribution in [0.25, 0.3) is 0 Å². The van der Waals surface area contributed by atoms with Crippen LogP contribution in [0.4, 0.5) is 0 Å². The quantitative estimate of drug-likeness (QED) is 0.461. The van der Waals surface area contributed by atoms with E-state index in [0.717, 1.165) is 17.6 Å². The minimum absolute atomic E-state index is 0.0638. The van der Waals surface area contributed by atoms with E-state index in [-0.39, 0.29) is 29.7 Å². The van der Waals surface area contributed by atoms with Crippen LogP contribution in [0.3, 0.4) is 0 Å². The Morgan fingerprint density at radius 1 is 1.08 bits per heavy atom. The fraction of sp³-hybridized carbons (Fsp3) is 0.733. The number of ether oxygens (including phenoxy) is 4. The first-order valence-electron chi connectivity index (χ1n) is 13.9. The number of carbonyl (C=O) groups excluding carboxylic acids is 2. The molecule has 0 spiro atoms. The molecule has 5 aliphatic rings. The van der Waals surface area contributed by atoms with E-state index in [1.54, 1.807) is 12.5 Å². The van der Waals surface area contributed by atoms with Crippen LogP contribution in [0, 0.1) is 28.1 Å². The third-order valence-corrected chi connectivity index (χ3v) is 11.3. The van der Waals surface area contributed by atoms with Gasteiger partial charge in [0.15, 0.2) is 0 Å². The van der Waals surface area contributed by atoms with Crippen LogP contribution in [0.2, 0.25) is 0 Å². The van der Waals surface area contributed by atoms with Crippen molar-refractivity contribution in [3.05, 3.63) is 35.8 Å². The topological polar surface area (TPSA) is 104 Å². The lowest BCUT2D eigenvalue weighted by atomic mass is 9.39. The molecule has 8 nitrogen and oxygen atoms in total. The molecule has 0 aromatic carbocycles. The second kappa shape index (κ2) is 8.42. The highest BCUT2D eigenvalue weighted by Crippen LogP contribution is 2.72. The van der Waals surface area contributed by atoms with Crippen LogP contribution in [0.15, 0.2) is 34.7 Å². The fourth-order valence-corrected chi connectivity index (χ4v) is 9.84. The van der Waals surface area contributed by atoms with Crippen molar-refractivity contribution in [2.45, 2.75) is 96.7 Å². The van der Waals surface area contributed by atoms with Crippen molar-refractivity contribution in [1.29, 1.82) is 0 Å². The minimum atomic E-state index is -0.808. The van der Waals surface area contributed by atoms with Gasteiger partial charge >= 0.3 is 11.9 Å². The zero-order chi connectivity index (χ0) is 27.3. The Labute approximate surface area is 224 Å². The number of aliphatic hydroxyl groups excluding tert-OH is 1. The number of aliphatic hydroxyl groups is 1. The highest BCUT2D eigenvalue weighted by atomic mass is 16.6. The number of carbonyl (C=O) groups is 2. The lowest BCUT2D eigenvalue weighted by molar-refractivity contribution is -0.254. The standard InChI is InChI=1S/C30H40O8/c1-16(31)37-22-13-23(38-17(2)32)29(5)20-10-12-36-30(6)19(18-9-11-34-14-18)7-8-21(30)28(20,4)26(33)24-25(29)27(22,3)15-35-24/h8-9,11,14,19-20,22-26,33H,7,10,12-13,15H2,1-6H3/t19-,20-,22+,23-,24+,25-,26+,27+,28+,29-,30-/m0/s1. The Balaban J connectivity index is 1.50. The van der Waals surface area contributed by atoms with E-state index in [1.165, 1.54) is 13.8 Å². The van der Waals surface area contributed by atoms with Crippen LogP contribution in [0.1, 0.15) is 72.3 Å².